The van der Waals surface area contributed by atoms with Gasteiger partial charge in [0.25, 0.3) is 5.91 Å². The Bertz CT molecular complexity index is 750. The number of hydrogen-bond donors (Lipinski definition) is 1. The van der Waals surface area contributed by atoms with Crippen molar-refractivity contribution in [3.05, 3.63) is 65.5 Å². The average molecular weight is 355 g/mol. The van der Waals surface area contributed by atoms with Gasteiger partial charge in [0.15, 0.2) is 12.4 Å². The fourth-order valence-corrected chi connectivity index (χ4v) is 3.14. The van der Waals surface area contributed by atoms with Gasteiger partial charge in [-0.15, -0.1) is 0 Å². The van der Waals surface area contributed by atoms with Gasteiger partial charge in [0, 0.05) is 17.2 Å². The molecular formula is C21H22FNO3. The predicted molar refractivity (Wildman–Crippen MR) is 96.8 cm³/mol. The molecule has 5 heteroatoms. The molecule has 1 amide bonds. The van der Waals surface area contributed by atoms with Crippen molar-refractivity contribution < 1.29 is 18.7 Å². The molecule has 0 spiro atoms. The summed E-state index contributed by atoms with van der Waals surface area (Å²) in [5, 5.41) is 3.00. The van der Waals surface area contributed by atoms with Crippen molar-refractivity contribution in [1.29, 1.82) is 0 Å². The van der Waals surface area contributed by atoms with Crippen molar-refractivity contribution in [3.63, 3.8) is 0 Å². The van der Waals surface area contributed by atoms with Gasteiger partial charge >= 0.3 is 0 Å². The van der Waals surface area contributed by atoms with Crippen molar-refractivity contribution in [1.82, 2.24) is 5.32 Å². The van der Waals surface area contributed by atoms with E-state index < -0.39 is 0 Å². The summed E-state index contributed by atoms with van der Waals surface area (Å²) in [6.45, 7) is -0.0399. The third-order valence-electron chi connectivity index (χ3n) is 4.56. The van der Waals surface area contributed by atoms with E-state index in [9.17, 15) is 14.0 Å². The molecule has 0 unspecified atom stereocenters. The van der Waals surface area contributed by atoms with Crippen molar-refractivity contribution in [2.75, 3.05) is 6.61 Å². The summed E-state index contributed by atoms with van der Waals surface area (Å²) in [6, 6.07) is 12.3. The average Bonchev–Trinajstić information content (AvgIpc) is 2.68. The Morgan fingerprint density at radius 2 is 1.50 bits per heavy atom. The number of rotatable bonds is 6. The molecule has 0 saturated heterocycles. The highest BCUT2D eigenvalue weighted by Crippen LogP contribution is 2.18. The predicted octanol–water partition coefficient (Wildman–Crippen LogP) is 3.88. The first-order valence-electron chi connectivity index (χ1n) is 8.94. The second-order valence-corrected chi connectivity index (χ2v) is 6.55. The molecule has 1 saturated carbocycles. The lowest BCUT2D eigenvalue weighted by molar-refractivity contribution is -0.124. The van der Waals surface area contributed by atoms with Gasteiger partial charge < -0.3 is 10.1 Å². The first kappa shape index (κ1) is 18.1. The van der Waals surface area contributed by atoms with E-state index in [2.05, 4.69) is 5.32 Å². The van der Waals surface area contributed by atoms with Crippen LogP contribution in [0.3, 0.4) is 0 Å². The molecule has 0 aromatic heterocycles. The van der Waals surface area contributed by atoms with Gasteiger partial charge in [0.05, 0.1) is 0 Å². The summed E-state index contributed by atoms with van der Waals surface area (Å²) in [5.74, 6) is -0.161. The molecule has 2 aromatic rings. The smallest absolute Gasteiger partial charge is 0.258 e. The molecule has 0 heterocycles. The summed E-state index contributed by atoms with van der Waals surface area (Å²) in [6.07, 6.45) is 5.63. The summed E-state index contributed by atoms with van der Waals surface area (Å²) in [5.41, 5.74) is 0.905. The highest BCUT2D eigenvalue weighted by molar-refractivity contribution is 6.09. The quantitative estimate of drug-likeness (QED) is 0.800. The Kier molecular flexibility index (Phi) is 6.00. The van der Waals surface area contributed by atoms with Gasteiger partial charge in [-0.05, 0) is 61.4 Å². The molecule has 3 rings (SSSR count). The van der Waals surface area contributed by atoms with Crippen LogP contribution in [0.15, 0.2) is 48.5 Å². The monoisotopic (exact) mass is 355 g/mol. The van der Waals surface area contributed by atoms with Crippen molar-refractivity contribution in [2.24, 2.45) is 0 Å². The zero-order valence-electron chi connectivity index (χ0n) is 14.5. The van der Waals surface area contributed by atoms with Crippen molar-refractivity contribution in [3.8, 4) is 5.75 Å². The van der Waals surface area contributed by atoms with Crippen molar-refractivity contribution in [2.45, 2.75) is 38.1 Å². The normalized spacial score (nSPS) is 14.7. The number of nitrogens with one attached hydrogen (secondary N) is 1. The minimum Gasteiger partial charge on any atom is -0.484 e. The van der Waals surface area contributed by atoms with E-state index >= 15 is 0 Å². The summed E-state index contributed by atoms with van der Waals surface area (Å²) < 4.78 is 18.4. The van der Waals surface area contributed by atoms with E-state index in [1.54, 1.807) is 24.3 Å². The second-order valence-electron chi connectivity index (χ2n) is 6.55. The van der Waals surface area contributed by atoms with E-state index in [0.29, 0.717) is 16.9 Å². The molecule has 1 aliphatic carbocycles. The van der Waals surface area contributed by atoms with Gasteiger partial charge in [0.2, 0.25) is 0 Å². The van der Waals surface area contributed by atoms with Crippen LogP contribution in [-0.2, 0) is 4.79 Å². The number of hydrogen-bond acceptors (Lipinski definition) is 3. The molecule has 136 valence electrons. The highest BCUT2D eigenvalue weighted by Gasteiger charge is 2.16. The largest absolute Gasteiger partial charge is 0.484 e. The maximum absolute atomic E-state index is 12.9. The highest BCUT2D eigenvalue weighted by atomic mass is 19.1. The number of halogens is 1. The van der Waals surface area contributed by atoms with Crippen LogP contribution in [0.2, 0.25) is 0 Å². The van der Waals surface area contributed by atoms with Gasteiger partial charge in [-0.3, -0.25) is 9.59 Å². The van der Waals surface area contributed by atoms with Crippen LogP contribution in [0.5, 0.6) is 5.75 Å². The summed E-state index contributed by atoms with van der Waals surface area (Å²) in [4.78, 5) is 24.3. The van der Waals surface area contributed by atoms with Crippen LogP contribution in [0.4, 0.5) is 4.39 Å². The van der Waals surface area contributed by atoms with Gasteiger partial charge in [-0.25, -0.2) is 4.39 Å². The first-order valence-corrected chi connectivity index (χ1v) is 8.94. The molecule has 0 aliphatic heterocycles. The van der Waals surface area contributed by atoms with E-state index in [-0.39, 0.29) is 30.2 Å². The molecule has 1 aliphatic rings. The zero-order chi connectivity index (χ0) is 18.4. The van der Waals surface area contributed by atoms with Crippen LogP contribution in [0.25, 0.3) is 0 Å². The number of ether oxygens (including phenoxy) is 1. The lowest BCUT2D eigenvalue weighted by Crippen LogP contribution is -2.38. The zero-order valence-corrected chi connectivity index (χ0v) is 14.5. The van der Waals surface area contributed by atoms with E-state index in [0.717, 1.165) is 25.7 Å². The molecule has 0 radical (unpaired) electrons. The fraction of sp³-hybridized carbons (Fsp3) is 0.333. The van der Waals surface area contributed by atoms with E-state index in [1.165, 1.54) is 30.7 Å². The third-order valence-corrected chi connectivity index (χ3v) is 4.56. The van der Waals surface area contributed by atoms with Crippen LogP contribution in [-0.4, -0.2) is 24.3 Å². The lowest BCUT2D eigenvalue weighted by atomic mass is 9.95. The SMILES string of the molecule is O=C(COc1ccc(C(=O)c2ccc(F)cc2)cc1)NC1CCCCC1. The maximum Gasteiger partial charge on any atom is 0.258 e. The number of ketones is 1. The van der Waals surface area contributed by atoms with Crippen LogP contribution in [0, 0.1) is 5.82 Å². The topological polar surface area (TPSA) is 55.4 Å². The number of carbonyl (C=O) groups excluding carboxylic acids is 2. The van der Waals surface area contributed by atoms with Crippen LogP contribution in [0.1, 0.15) is 48.0 Å². The summed E-state index contributed by atoms with van der Waals surface area (Å²) >= 11 is 0. The minimum absolute atomic E-state index is 0.0399. The van der Waals surface area contributed by atoms with Gasteiger partial charge in [0.1, 0.15) is 11.6 Å². The minimum atomic E-state index is -0.378. The molecule has 0 bridgehead atoms. The van der Waals surface area contributed by atoms with E-state index in [1.807, 2.05) is 0 Å². The summed E-state index contributed by atoms with van der Waals surface area (Å²) in [7, 11) is 0. The Morgan fingerprint density at radius 1 is 0.923 bits per heavy atom. The molecule has 26 heavy (non-hydrogen) atoms. The lowest BCUT2D eigenvalue weighted by Gasteiger charge is -2.22. The number of carbonyl (C=O) groups is 2. The Morgan fingerprint density at radius 3 is 2.12 bits per heavy atom. The first-order chi connectivity index (χ1) is 12.6. The Hall–Kier alpha value is -2.69. The maximum atomic E-state index is 12.9. The molecule has 4 nitrogen and oxygen atoms in total. The second kappa shape index (κ2) is 8.61. The molecule has 0 atom stereocenters. The van der Waals surface area contributed by atoms with Crippen LogP contribution >= 0.6 is 0 Å². The Balaban J connectivity index is 1.51. The standard InChI is InChI=1S/C21H22FNO3/c22-17-10-6-15(7-11-17)21(25)16-8-12-19(13-9-16)26-14-20(24)23-18-4-2-1-3-5-18/h6-13,18H,1-5,14H2,(H,23,24). The number of amides is 1. The van der Waals surface area contributed by atoms with Crippen LogP contribution < -0.4 is 10.1 Å². The molecular weight excluding hydrogens is 333 g/mol. The fourth-order valence-electron chi connectivity index (χ4n) is 3.14. The third kappa shape index (κ3) is 4.91. The molecule has 1 fully saturated rings. The van der Waals surface area contributed by atoms with Gasteiger partial charge in [-0.1, -0.05) is 19.3 Å². The molecule has 1 N–H and O–H groups in total. The van der Waals surface area contributed by atoms with Crippen molar-refractivity contribution >= 4 is 11.7 Å². The van der Waals surface area contributed by atoms with Gasteiger partial charge in [-0.2, -0.15) is 0 Å². The Labute approximate surface area is 152 Å². The van der Waals surface area contributed by atoms with E-state index in [4.69, 9.17) is 4.74 Å². The molecule has 2 aromatic carbocycles. The number of benzene rings is 2.